The molecule has 0 saturated heterocycles. The van der Waals surface area contributed by atoms with E-state index in [9.17, 15) is 0 Å². The van der Waals surface area contributed by atoms with Crippen molar-refractivity contribution in [2.45, 2.75) is 45.4 Å². The zero-order chi connectivity index (χ0) is 14.7. The summed E-state index contributed by atoms with van der Waals surface area (Å²) in [6.07, 6.45) is 5.44. The second kappa shape index (κ2) is 6.19. The molecule has 106 valence electrons. The van der Waals surface area contributed by atoms with Gasteiger partial charge in [0.05, 0.1) is 0 Å². The molecule has 0 spiro atoms. The first-order valence-electron chi connectivity index (χ1n) is 7.91. The van der Waals surface area contributed by atoms with Crippen LogP contribution in [-0.2, 0) is 0 Å². The molecular weight excluding hydrogens is 252 g/mol. The Bertz CT molecular complexity index is 674. The molecule has 0 atom stereocenters. The molecule has 2 aromatic carbocycles. The lowest BCUT2D eigenvalue weighted by molar-refractivity contribution is 0.717. The Labute approximate surface area is 128 Å². The fourth-order valence-corrected chi connectivity index (χ4v) is 3.18. The van der Waals surface area contributed by atoms with Crippen LogP contribution in [0.15, 0.2) is 42.5 Å². The highest BCUT2D eigenvalue weighted by atomic mass is 14.2. The van der Waals surface area contributed by atoms with E-state index in [0.29, 0.717) is 0 Å². The van der Waals surface area contributed by atoms with E-state index in [1.807, 2.05) is 0 Å². The van der Waals surface area contributed by atoms with Crippen molar-refractivity contribution in [2.24, 2.45) is 0 Å². The highest BCUT2D eigenvalue weighted by molar-refractivity contribution is 5.46. The lowest BCUT2D eigenvalue weighted by atomic mass is 9.92. The third-order valence-electron chi connectivity index (χ3n) is 4.48. The molecule has 0 amide bonds. The van der Waals surface area contributed by atoms with Crippen molar-refractivity contribution in [1.82, 2.24) is 0 Å². The summed E-state index contributed by atoms with van der Waals surface area (Å²) in [5.74, 6) is 7.35. The molecule has 0 N–H and O–H groups in total. The van der Waals surface area contributed by atoms with E-state index >= 15 is 0 Å². The van der Waals surface area contributed by atoms with Crippen molar-refractivity contribution >= 4 is 0 Å². The Morgan fingerprint density at radius 1 is 0.810 bits per heavy atom. The SMILES string of the molecule is Cc1ccc(C#Cc2ccc(C)c(C3CCCC3)c2)cc1. The zero-order valence-corrected chi connectivity index (χ0v) is 12.9. The third kappa shape index (κ3) is 3.37. The minimum atomic E-state index is 0.756. The van der Waals surface area contributed by atoms with E-state index < -0.39 is 0 Å². The maximum absolute atomic E-state index is 3.32. The summed E-state index contributed by atoms with van der Waals surface area (Å²) >= 11 is 0. The van der Waals surface area contributed by atoms with Crippen molar-refractivity contribution in [3.63, 3.8) is 0 Å². The smallest absolute Gasteiger partial charge is 0.0252 e. The molecule has 0 heteroatoms. The Kier molecular flexibility index (Phi) is 4.11. The first-order valence-corrected chi connectivity index (χ1v) is 7.91. The van der Waals surface area contributed by atoms with Crippen LogP contribution >= 0.6 is 0 Å². The second-order valence-corrected chi connectivity index (χ2v) is 6.17. The average molecular weight is 274 g/mol. The maximum Gasteiger partial charge on any atom is 0.0252 e. The largest absolute Gasteiger partial charge is 0.0617 e. The van der Waals surface area contributed by atoms with Gasteiger partial charge in [0.15, 0.2) is 0 Å². The molecule has 0 aromatic heterocycles. The molecule has 1 aliphatic carbocycles. The van der Waals surface area contributed by atoms with Crippen LogP contribution in [0.4, 0.5) is 0 Å². The minimum Gasteiger partial charge on any atom is -0.0617 e. The molecule has 0 aliphatic heterocycles. The van der Waals surface area contributed by atoms with Crippen molar-refractivity contribution in [1.29, 1.82) is 0 Å². The number of hydrogen-bond acceptors (Lipinski definition) is 0. The first-order chi connectivity index (χ1) is 10.2. The summed E-state index contributed by atoms with van der Waals surface area (Å²) < 4.78 is 0. The van der Waals surface area contributed by atoms with Crippen LogP contribution in [0.1, 0.15) is 59.4 Å². The van der Waals surface area contributed by atoms with Crippen molar-refractivity contribution in [2.75, 3.05) is 0 Å². The van der Waals surface area contributed by atoms with Crippen molar-refractivity contribution in [3.8, 4) is 11.8 Å². The standard InChI is InChI=1S/C21H22/c1-16-7-10-18(11-8-16)13-14-19-12-9-17(2)21(15-19)20-5-3-4-6-20/h7-12,15,20H,3-6H2,1-2H3. The first kappa shape index (κ1) is 14.0. The van der Waals surface area contributed by atoms with E-state index in [1.165, 1.54) is 42.4 Å². The summed E-state index contributed by atoms with van der Waals surface area (Å²) in [7, 11) is 0. The molecule has 0 nitrogen and oxygen atoms in total. The van der Waals surface area contributed by atoms with Crippen LogP contribution in [0.25, 0.3) is 0 Å². The fourth-order valence-electron chi connectivity index (χ4n) is 3.18. The molecule has 0 heterocycles. The van der Waals surface area contributed by atoms with Gasteiger partial charge >= 0.3 is 0 Å². The van der Waals surface area contributed by atoms with Gasteiger partial charge in [-0.1, -0.05) is 48.4 Å². The van der Waals surface area contributed by atoms with Gasteiger partial charge in [-0.15, -0.1) is 0 Å². The summed E-state index contributed by atoms with van der Waals surface area (Å²) in [6, 6.07) is 15.1. The van der Waals surface area contributed by atoms with Gasteiger partial charge in [0, 0.05) is 11.1 Å². The Morgan fingerprint density at radius 2 is 1.43 bits per heavy atom. The Hall–Kier alpha value is -2.00. The molecule has 3 rings (SSSR count). The van der Waals surface area contributed by atoms with Gasteiger partial charge in [0.25, 0.3) is 0 Å². The number of hydrogen-bond donors (Lipinski definition) is 0. The van der Waals surface area contributed by atoms with E-state index in [4.69, 9.17) is 0 Å². The number of rotatable bonds is 1. The molecule has 0 unspecified atom stereocenters. The van der Waals surface area contributed by atoms with E-state index in [2.05, 4.69) is 68.2 Å². The Balaban J connectivity index is 1.86. The minimum absolute atomic E-state index is 0.756. The van der Waals surface area contributed by atoms with Crippen LogP contribution in [-0.4, -0.2) is 0 Å². The summed E-state index contributed by atoms with van der Waals surface area (Å²) in [5.41, 5.74) is 6.44. The molecule has 1 aliphatic rings. The summed E-state index contributed by atoms with van der Waals surface area (Å²) in [4.78, 5) is 0. The second-order valence-electron chi connectivity index (χ2n) is 6.17. The van der Waals surface area contributed by atoms with Gasteiger partial charge in [-0.05, 0) is 68.0 Å². The molecule has 0 radical (unpaired) electrons. The van der Waals surface area contributed by atoms with Crippen molar-refractivity contribution in [3.05, 3.63) is 70.3 Å². The van der Waals surface area contributed by atoms with Crippen LogP contribution < -0.4 is 0 Å². The summed E-state index contributed by atoms with van der Waals surface area (Å²) in [5, 5.41) is 0. The van der Waals surface area contributed by atoms with Crippen LogP contribution in [0.3, 0.4) is 0 Å². The maximum atomic E-state index is 3.32. The van der Waals surface area contributed by atoms with E-state index in [0.717, 1.165) is 17.0 Å². The number of benzene rings is 2. The molecule has 1 saturated carbocycles. The monoisotopic (exact) mass is 274 g/mol. The molecule has 1 fully saturated rings. The predicted octanol–water partition coefficient (Wildman–Crippen LogP) is 5.36. The quantitative estimate of drug-likeness (QED) is 0.614. The van der Waals surface area contributed by atoms with Crippen LogP contribution in [0, 0.1) is 25.7 Å². The van der Waals surface area contributed by atoms with Gasteiger partial charge in [-0.3, -0.25) is 0 Å². The van der Waals surface area contributed by atoms with Crippen LogP contribution in [0.2, 0.25) is 0 Å². The molecular formula is C21H22. The van der Waals surface area contributed by atoms with Gasteiger partial charge < -0.3 is 0 Å². The van der Waals surface area contributed by atoms with Gasteiger partial charge in [-0.25, -0.2) is 0 Å². The fraction of sp³-hybridized carbons (Fsp3) is 0.333. The predicted molar refractivity (Wildman–Crippen MR) is 89.5 cm³/mol. The normalized spacial score (nSPS) is 14.8. The highest BCUT2D eigenvalue weighted by Gasteiger charge is 2.18. The summed E-state index contributed by atoms with van der Waals surface area (Å²) in [6.45, 7) is 4.33. The highest BCUT2D eigenvalue weighted by Crippen LogP contribution is 2.35. The van der Waals surface area contributed by atoms with Gasteiger partial charge in [-0.2, -0.15) is 0 Å². The zero-order valence-electron chi connectivity index (χ0n) is 12.9. The van der Waals surface area contributed by atoms with Crippen LogP contribution in [0.5, 0.6) is 0 Å². The lowest BCUT2D eigenvalue weighted by Gasteiger charge is -2.13. The van der Waals surface area contributed by atoms with Gasteiger partial charge in [0.2, 0.25) is 0 Å². The van der Waals surface area contributed by atoms with E-state index in [-0.39, 0.29) is 0 Å². The average Bonchev–Trinajstić information content (AvgIpc) is 3.02. The molecule has 0 bridgehead atoms. The number of aryl methyl sites for hydroxylation is 2. The Morgan fingerprint density at radius 3 is 2.14 bits per heavy atom. The topological polar surface area (TPSA) is 0 Å². The van der Waals surface area contributed by atoms with Crippen molar-refractivity contribution < 1.29 is 0 Å². The van der Waals surface area contributed by atoms with E-state index in [1.54, 1.807) is 0 Å². The third-order valence-corrected chi connectivity index (χ3v) is 4.48. The molecule has 21 heavy (non-hydrogen) atoms. The molecule has 2 aromatic rings. The van der Waals surface area contributed by atoms with Gasteiger partial charge in [0.1, 0.15) is 0 Å². The lowest BCUT2D eigenvalue weighted by Crippen LogP contribution is -1.96.